The lowest BCUT2D eigenvalue weighted by molar-refractivity contribution is -0.345. The number of ether oxygens (including phenoxy) is 4. The first-order valence-electron chi connectivity index (χ1n) is 9.95. The van der Waals surface area contributed by atoms with Crippen LogP contribution in [0.3, 0.4) is 0 Å². The van der Waals surface area contributed by atoms with Gasteiger partial charge in [0.1, 0.15) is 0 Å². The fraction of sp³-hybridized carbons (Fsp3) is 1.00. The molecule has 4 rings (SSSR count). The van der Waals surface area contributed by atoms with E-state index in [2.05, 4.69) is 55.4 Å². The Morgan fingerprint density at radius 2 is 1.12 bits per heavy atom. The van der Waals surface area contributed by atoms with E-state index in [1.54, 1.807) is 0 Å². The summed E-state index contributed by atoms with van der Waals surface area (Å²) in [5, 5.41) is 0. The van der Waals surface area contributed by atoms with Crippen LogP contribution >= 0.6 is 0 Å². The highest BCUT2D eigenvalue weighted by molar-refractivity contribution is 5.23. The average molecular weight is 353 g/mol. The van der Waals surface area contributed by atoms with Crippen LogP contribution in [-0.4, -0.2) is 49.3 Å². The molecule has 0 spiro atoms. The topological polar surface area (TPSA) is 36.9 Å². The van der Waals surface area contributed by atoms with Crippen molar-refractivity contribution in [3.63, 3.8) is 0 Å². The van der Waals surface area contributed by atoms with E-state index in [-0.39, 0.29) is 35.4 Å². The Bertz CT molecular complexity index is 520. The van der Waals surface area contributed by atoms with Gasteiger partial charge >= 0.3 is 0 Å². The van der Waals surface area contributed by atoms with Gasteiger partial charge in [0.15, 0.2) is 0 Å². The van der Waals surface area contributed by atoms with Crippen LogP contribution in [0.1, 0.15) is 55.4 Å². The minimum absolute atomic E-state index is 0.0409. The van der Waals surface area contributed by atoms with Crippen molar-refractivity contribution >= 4 is 0 Å². The Labute approximate surface area is 152 Å². The van der Waals surface area contributed by atoms with Crippen LogP contribution in [0.5, 0.6) is 0 Å². The quantitative estimate of drug-likeness (QED) is 0.721. The van der Waals surface area contributed by atoms with Gasteiger partial charge in [-0.3, -0.25) is 0 Å². The number of hydrogen-bond donors (Lipinski definition) is 0. The number of fused-ring (bicyclic) bond motifs is 4. The minimum Gasteiger partial charge on any atom is -0.375 e. The summed E-state index contributed by atoms with van der Waals surface area (Å²) < 4.78 is 25.4. The van der Waals surface area contributed by atoms with Crippen molar-refractivity contribution in [2.45, 2.75) is 84.9 Å². The first-order valence-corrected chi connectivity index (χ1v) is 9.95. The molecule has 0 aromatic carbocycles. The maximum Gasteiger partial charge on any atom is 0.0914 e. The molecule has 0 amide bonds. The van der Waals surface area contributed by atoms with E-state index in [0.29, 0.717) is 42.5 Å². The molecule has 4 aliphatic rings. The second-order valence-corrected chi connectivity index (χ2v) is 10.8. The maximum absolute atomic E-state index is 6.44. The summed E-state index contributed by atoms with van der Waals surface area (Å²) in [6, 6.07) is 0. The van der Waals surface area contributed by atoms with E-state index in [1.165, 1.54) is 0 Å². The molecule has 4 nitrogen and oxygen atoms in total. The van der Waals surface area contributed by atoms with Crippen molar-refractivity contribution in [3.05, 3.63) is 0 Å². The van der Waals surface area contributed by atoms with E-state index in [0.717, 1.165) is 0 Å². The van der Waals surface area contributed by atoms with Crippen molar-refractivity contribution in [2.24, 2.45) is 28.6 Å². The van der Waals surface area contributed by atoms with Gasteiger partial charge in [-0.2, -0.15) is 0 Å². The molecule has 4 heteroatoms. The number of rotatable bonds is 1. The van der Waals surface area contributed by atoms with Gasteiger partial charge in [-0.1, -0.05) is 27.7 Å². The molecule has 0 radical (unpaired) electrons. The molecular formula is C21H36O4. The third kappa shape index (κ3) is 2.27. The van der Waals surface area contributed by atoms with Gasteiger partial charge in [0.2, 0.25) is 0 Å². The van der Waals surface area contributed by atoms with Gasteiger partial charge in [0, 0.05) is 5.92 Å². The first-order chi connectivity index (χ1) is 11.4. The van der Waals surface area contributed by atoms with Crippen molar-refractivity contribution in [3.8, 4) is 0 Å². The molecule has 2 aliphatic heterocycles. The summed E-state index contributed by atoms with van der Waals surface area (Å²) in [5.74, 6) is 1.50. The zero-order chi connectivity index (χ0) is 18.4. The Morgan fingerprint density at radius 1 is 0.640 bits per heavy atom. The Balaban J connectivity index is 1.44. The van der Waals surface area contributed by atoms with E-state index < -0.39 is 0 Å². The molecule has 2 saturated carbocycles. The van der Waals surface area contributed by atoms with Gasteiger partial charge < -0.3 is 18.9 Å². The van der Waals surface area contributed by atoms with Crippen LogP contribution in [0, 0.1) is 28.6 Å². The largest absolute Gasteiger partial charge is 0.375 e. The molecule has 144 valence electrons. The fourth-order valence-electron chi connectivity index (χ4n) is 5.53. The van der Waals surface area contributed by atoms with Gasteiger partial charge in [-0.25, -0.2) is 0 Å². The Morgan fingerprint density at radius 3 is 1.56 bits per heavy atom. The lowest BCUT2D eigenvalue weighted by Gasteiger charge is -2.75. The maximum atomic E-state index is 6.44. The molecule has 25 heavy (non-hydrogen) atoms. The smallest absolute Gasteiger partial charge is 0.0914 e. The average Bonchev–Trinajstić information content (AvgIpc) is 2.61. The Hall–Kier alpha value is -0.160. The molecule has 4 fully saturated rings. The first kappa shape index (κ1) is 18.2. The van der Waals surface area contributed by atoms with Crippen molar-refractivity contribution < 1.29 is 18.9 Å². The molecule has 0 aromatic heterocycles. The summed E-state index contributed by atoms with van der Waals surface area (Å²) in [6.45, 7) is 20.0. The second kappa shape index (κ2) is 5.21. The summed E-state index contributed by atoms with van der Waals surface area (Å²) in [5.41, 5.74) is 0.0450. The van der Waals surface area contributed by atoms with E-state index in [4.69, 9.17) is 18.9 Å². The highest BCUT2D eigenvalue weighted by atomic mass is 16.6. The zero-order valence-electron chi connectivity index (χ0n) is 17.2. The molecule has 5 atom stereocenters. The highest BCUT2D eigenvalue weighted by Crippen LogP contribution is 2.73. The van der Waals surface area contributed by atoms with E-state index in [9.17, 15) is 0 Å². The fourth-order valence-corrected chi connectivity index (χ4v) is 5.53. The van der Waals surface area contributed by atoms with Crippen molar-refractivity contribution in [1.82, 2.24) is 0 Å². The molecule has 5 unspecified atom stereocenters. The number of hydrogen-bond acceptors (Lipinski definition) is 4. The normalized spacial score (nSPS) is 49.0. The zero-order valence-corrected chi connectivity index (χ0v) is 17.2. The van der Waals surface area contributed by atoms with Crippen LogP contribution in [0.15, 0.2) is 0 Å². The van der Waals surface area contributed by atoms with E-state index in [1.807, 2.05) is 0 Å². The summed E-state index contributed by atoms with van der Waals surface area (Å²) in [7, 11) is 0. The molecule has 0 aromatic rings. The second-order valence-electron chi connectivity index (χ2n) is 10.8. The van der Waals surface area contributed by atoms with Crippen LogP contribution in [0.25, 0.3) is 0 Å². The lowest BCUT2D eigenvalue weighted by atomic mass is 9.32. The summed E-state index contributed by atoms with van der Waals surface area (Å²) in [4.78, 5) is 0. The van der Waals surface area contributed by atoms with Gasteiger partial charge in [0.05, 0.1) is 49.3 Å². The molecular weight excluding hydrogens is 316 g/mol. The highest BCUT2D eigenvalue weighted by Gasteiger charge is 2.75. The third-order valence-electron chi connectivity index (χ3n) is 8.78. The van der Waals surface area contributed by atoms with Gasteiger partial charge in [0.25, 0.3) is 0 Å². The molecule has 2 aliphatic carbocycles. The standard InChI is InChI=1S/C21H36O4/c1-18(2)14-15(19(18,3)4)17-16(14)22-9-12(10-23-17)13-11-24-20(5,6)21(7,8)25-13/h12-17H,9-11H2,1-8H3. The van der Waals surface area contributed by atoms with Gasteiger partial charge in [-0.05, 0) is 50.4 Å². The lowest BCUT2D eigenvalue weighted by Crippen LogP contribution is -2.78. The van der Waals surface area contributed by atoms with Crippen molar-refractivity contribution in [2.75, 3.05) is 19.8 Å². The SMILES string of the molecule is CC1(C)OCC(C2COC3C(OC2)C2C3C(C)(C)C2(C)C)OC1(C)C. The molecule has 0 N–H and O–H groups in total. The van der Waals surface area contributed by atoms with Crippen molar-refractivity contribution in [1.29, 1.82) is 0 Å². The van der Waals surface area contributed by atoms with Crippen LogP contribution in [0.2, 0.25) is 0 Å². The van der Waals surface area contributed by atoms with Gasteiger partial charge in [-0.15, -0.1) is 0 Å². The van der Waals surface area contributed by atoms with Crippen LogP contribution in [-0.2, 0) is 18.9 Å². The Kier molecular flexibility index (Phi) is 3.80. The molecule has 0 bridgehead atoms. The summed E-state index contributed by atoms with van der Waals surface area (Å²) >= 11 is 0. The summed E-state index contributed by atoms with van der Waals surface area (Å²) in [6.07, 6.45) is 0.554. The molecule has 2 heterocycles. The monoisotopic (exact) mass is 352 g/mol. The van der Waals surface area contributed by atoms with Crippen LogP contribution < -0.4 is 0 Å². The minimum atomic E-state index is -0.315. The third-order valence-corrected chi connectivity index (χ3v) is 8.78. The predicted octanol–water partition coefficient (Wildman–Crippen LogP) is 3.67. The predicted molar refractivity (Wildman–Crippen MR) is 96.5 cm³/mol. The molecule has 2 saturated heterocycles. The van der Waals surface area contributed by atoms with E-state index >= 15 is 0 Å². The van der Waals surface area contributed by atoms with Crippen LogP contribution in [0.4, 0.5) is 0 Å².